The molecule has 0 aromatic carbocycles. The van der Waals surface area contributed by atoms with E-state index in [0.29, 0.717) is 37.2 Å². The van der Waals surface area contributed by atoms with E-state index < -0.39 is 12.2 Å². The summed E-state index contributed by atoms with van der Waals surface area (Å²) in [5, 5.41) is 7.36. The molecule has 3 atom stereocenters. The minimum Gasteiger partial charge on any atom is -0.367 e. The number of nitrogens with zero attached hydrogens (tertiary/aromatic N) is 4. The fraction of sp³-hybridized carbons (Fsp3) is 0.818. The van der Waals surface area contributed by atoms with Crippen molar-refractivity contribution in [1.82, 2.24) is 19.6 Å². The van der Waals surface area contributed by atoms with Gasteiger partial charge in [0.1, 0.15) is 5.82 Å². The van der Waals surface area contributed by atoms with Crippen LogP contribution >= 0.6 is 0 Å². The molecule has 1 aromatic rings. The Bertz CT molecular complexity index is 772. The monoisotopic (exact) mass is 441 g/mol. The van der Waals surface area contributed by atoms with E-state index in [9.17, 15) is 18.0 Å². The number of hydrogen-bond donors (Lipinski definition) is 1. The van der Waals surface area contributed by atoms with Crippen molar-refractivity contribution in [1.29, 1.82) is 0 Å². The number of aromatic nitrogens is 2. The quantitative estimate of drug-likeness (QED) is 0.768. The van der Waals surface area contributed by atoms with Gasteiger partial charge in [-0.15, -0.1) is 0 Å². The van der Waals surface area contributed by atoms with Gasteiger partial charge in [-0.05, 0) is 57.9 Å². The lowest BCUT2D eigenvalue weighted by atomic mass is 9.84. The van der Waals surface area contributed by atoms with E-state index in [1.165, 1.54) is 6.42 Å². The van der Waals surface area contributed by atoms with Crippen LogP contribution in [0.15, 0.2) is 6.07 Å². The lowest BCUT2D eigenvalue weighted by Crippen LogP contribution is -2.50. The maximum absolute atomic E-state index is 13.7. The Morgan fingerprint density at radius 1 is 1.19 bits per heavy atom. The van der Waals surface area contributed by atoms with Crippen LogP contribution in [0.2, 0.25) is 0 Å². The van der Waals surface area contributed by atoms with Crippen LogP contribution in [0, 0.1) is 12.8 Å². The average Bonchev–Trinajstić information content (AvgIpc) is 3.12. The van der Waals surface area contributed by atoms with Crippen LogP contribution in [0.3, 0.4) is 0 Å². The molecular formula is C22H34F3N5O. The predicted molar refractivity (Wildman–Crippen MR) is 113 cm³/mol. The summed E-state index contributed by atoms with van der Waals surface area (Å²) in [4.78, 5) is 17.1. The Labute approximate surface area is 182 Å². The van der Waals surface area contributed by atoms with Crippen LogP contribution in [0.5, 0.6) is 0 Å². The lowest BCUT2D eigenvalue weighted by molar-refractivity contribution is -0.174. The molecule has 0 spiro atoms. The van der Waals surface area contributed by atoms with Crippen molar-refractivity contribution in [2.75, 3.05) is 31.5 Å². The third-order valence-corrected chi connectivity index (χ3v) is 7.36. The van der Waals surface area contributed by atoms with Gasteiger partial charge in [0.2, 0.25) is 5.91 Å². The van der Waals surface area contributed by atoms with Gasteiger partial charge >= 0.3 is 6.18 Å². The van der Waals surface area contributed by atoms with Crippen LogP contribution in [0.25, 0.3) is 0 Å². The molecule has 31 heavy (non-hydrogen) atoms. The van der Waals surface area contributed by atoms with Gasteiger partial charge in [0, 0.05) is 31.2 Å². The molecule has 0 bridgehead atoms. The summed E-state index contributed by atoms with van der Waals surface area (Å²) < 4.78 is 42.1. The maximum atomic E-state index is 13.7. The topological polar surface area (TPSA) is 53.4 Å². The molecular weight excluding hydrogens is 407 g/mol. The molecule has 2 fully saturated rings. The van der Waals surface area contributed by atoms with Gasteiger partial charge < -0.3 is 10.2 Å². The number of likely N-dealkylation sites (tertiary alicyclic amines) is 2. The zero-order valence-electron chi connectivity index (χ0n) is 18.5. The van der Waals surface area contributed by atoms with Crippen LogP contribution in [0.4, 0.5) is 19.0 Å². The number of aryl methyl sites for hydroxylation is 1. The Balaban J connectivity index is 1.35. The zero-order chi connectivity index (χ0) is 22.2. The molecule has 9 heteroatoms. The molecule has 1 N–H and O–H groups in total. The van der Waals surface area contributed by atoms with Crippen molar-refractivity contribution < 1.29 is 18.0 Å². The highest BCUT2D eigenvalue weighted by Crippen LogP contribution is 2.42. The number of amides is 1. The van der Waals surface area contributed by atoms with E-state index in [4.69, 9.17) is 0 Å². The Morgan fingerprint density at radius 3 is 2.61 bits per heavy atom. The average molecular weight is 442 g/mol. The van der Waals surface area contributed by atoms with Crippen molar-refractivity contribution in [2.24, 2.45) is 5.92 Å². The molecule has 3 aliphatic rings. The first-order chi connectivity index (χ1) is 14.8. The fourth-order valence-corrected chi connectivity index (χ4v) is 5.59. The second kappa shape index (κ2) is 9.00. The Morgan fingerprint density at radius 2 is 1.94 bits per heavy atom. The number of rotatable bonds is 4. The van der Waals surface area contributed by atoms with Crippen molar-refractivity contribution in [3.8, 4) is 0 Å². The molecule has 0 saturated carbocycles. The van der Waals surface area contributed by atoms with Gasteiger partial charge in [-0.2, -0.15) is 18.3 Å². The summed E-state index contributed by atoms with van der Waals surface area (Å²) in [6.07, 6.45) is 1.75. The minimum absolute atomic E-state index is 0.0117. The molecule has 1 amide bonds. The van der Waals surface area contributed by atoms with Crippen molar-refractivity contribution in [3.05, 3.63) is 11.8 Å². The summed E-state index contributed by atoms with van der Waals surface area (Å²) in [7, 11) is 0. The van der Waals surface area contributed by atoms with E-state index in [1.807, 2.05) is 4.90 Å². The predicted octanol–water partition coefficient (Wildman–Crippen LogP) is 3.98. The number of hydrogen-bond acceptors (Lipinski definition) is 4. The number of carbonyl (C=O) groups is 1. The first-order valence-corrected chi connectivity index (χ1v) is 11.7. The number of fused-ring (bicyclic) bond motifs is 1. The van der Waals surface area contributed by atoms with Crippen LogP contribution < -0.4 is 5.32 Å². The molecule has 0 aliphatic carbocycles. The highest BCUT2D eigenvalue weighted by Gasteiger charge is 2.47. The normalized spacial score (nSPS) is 28.3. The lowest BCUT2D eigenvalue weighted by Gasteiger charge is -2.42. The molecule has 2 saturated heterocycles. The SMILES string of the molecule is CCC1CCCCN1CC(=O)N1CCC([C@@H]2C[C@H](C(F)(F)F)n3nc(C)cc3N2)CC1. The number of carbonyl (C=O) groups excluding carboxylic acids is 1. The van der Waals surface area contributed by atoms with Gasteiger partial charge in [0.15, 0.2) is 6.04 Å². The first kappa shape index (κ1) is 22.4. The van der Waals surface area contributed by atoms with E-state index in [1.54, 1.807) is 13.0 Å². The third kappa shape index (κ3) is 4.86. The van der Waals surface area contributed by atoms with Gasteiger partial charge in [-0.25, -0.2) is 4.68 Å². The van der Waals surface area contributed by atoms with Gasteiger partial charge in [0.25, 0.3) is 0 Å². The minimum atomic E-state index is -4.32. The van der Waals surface area contributed by atoms with Gasteiger partial charge in [0.05, 0.1) is 12.2 Å². The summed E-state index contributed by atoms with van der Waals surface area (Å²) in [5.74, 6) is 0.735. The molecule has 4 heterocycles. The largest absolute Gasteiger partial charge is 0.410 e. The van der Waals surface area contributed by atoms with Gasteiger partial charge in [-0.1, -0.05) is 13.3 Å². The van der Waals surface area contributed by atoms with Crippen molar-refractivity contribution in [3.63, 3.8) is 0 Å². The molecule has 1 unspecified atom stereocenters. The summed E-state index contributed by atoms with van der Waals surface area (Å²) in [6.45, 7) is 6.60. The summed E-state index contributed by atoms with van der Waals surface area (Å²) in [6, 6.07) is 0.340. The Hall–Kier alpha value is -1.77. The zero-order valence-corrected chi connectivity index (χ0v) is 18.5. The summed E-state index contributed by atoms with van der Waals surface area (Å²) in [5.41, 5.74) is 0.584. The van der Waals surface area contributed by atoms with Crippen molar-refractivity contribution in [2.45, 2.75) is 83.1 Å². The number of piperidine rings is 2. The maximum Gasteiger partial charge on any atom is 0.410 e. The van der Waals surface area contributed by atoms with Crippen molar-refractivity contribution >= 4 is 11.7 Å². The molecule has 3 aliphatic heterocycles. The standard InChI is InChI=1S/C22H34F3N5O/c1-3-17-6-4-5-9-29(17)14-21(31)28-10-7-16(8-11-28)18-13-19(22(23,24)25)30-20(26-18)12-15(2)27-30/h12,16-19,26H,3-11,13-14H2,1-2H3/t17?,18-,19+/m0/s1. The number of alkyl halides is 3. The van der Waals surface area contributed by atoms with E-state index >= 15 is 0 Å². The molecule has 4 rings (SSSR count). The molecule has 174 valence electrons. The smallest absolute Gasteiger partial charge is 0.367 e. The number of anilines is 1. The number of halogens is 3. The molecule has 6 nitrogen and oxygen atoms in total. The molecule has 0 radical (unpaired) electrons. The van der Waals surface area contributed by atoms with Crippen LogP contribution in [0.1, 0.15) is 63.6 Å². The van der Waals surface area contributed by atoms with E-state index in [0.717, 1.165) is 43.3 Å². The van der Waals surface area contributed by atoms with Crippen LogP contribution in [-0.2, 0) is 4.79 Å². The number of nitrogens with one attached hydrogen (secondary N) is 1. The first-order valence-electron chi connectivity index (χ1n) is 11.7. The van der Waals surface area contributed by atoms with E-state index in [2.05, 4.69) is 22.2 Å². The highest BCUT2D eigenvalue weighted by molar-refractivity contribution is 5.78. The van der Waals surface area contributed by atoms with Gasteiger partial charge in [-0.3, -0.25) is 9.69 Å². The second-order valence-corrected chi connectivity index (χ2v) is 9.41. The van der Waals surface area contributed by atoms with E-state index in [-0.39, 0.29) is 24.3 Å². The molecule has 1 aromatic heterocycles. The Kier molecular flexibility index (Phi) is 6.51. The second-order valence-electron chi connectivity index (χ2n) is 9.41. The third-order valence-electron chi connectivity index (χ3n) is 7.36. The summed E-state index contributed by atoms with van der Waals surface area (Å²) >= 11 is 0. The van der Waals surface area contributed by atoms with Crippen LogP contribution in [-0.4, -0.2) is 69.9 Å². The highest BCUT2D eigenvalue weighted by atomic mass is 19.4. The fourth-order valence-electron chi connectivity index (χ4n) is 5.59.